The van der Waals surface area contributed by atoms with E-state index in [9.17, 15) is 4.79 Å². The number of carbonyl (C=O) groups excluding carboxylic acids is 1. The summed E-state index contributed by atoms with van der Waals surface area (Å²) in [6.45, 7) is 0. The van der Waals surface area contributed by atoms with Gasteiger partial charge in [0.05, 0.1) is 35.4 Å². The number of aromatic nitrogens is 5. The van der Waals surface area contributed by atoms with Gasteiger partial charge in [0.15, 0.2) is 5.65 Å². The molecule has 0 fully saturated rings. The number of carbonyl (C=O) groups is 1. The van der Waals surface area contributed by atoms with Gasteiger partial charge in [0.2, 0.25) is 0 Å². The average molecular weight is 344 g/mol. The monoisotopic (exact) mass is 344 g/mol. The molecular formula is C17H12N8O. The molecule has 0 aliphatic carbocycles. The second-order valence-corrected chi connectivity index (χ2v) is 5.48. The van der Waals surface area contributed by atoms with Crippen molar-refractivity contribution in [3.05, 3.63) is 60.0 Å². The summed E-state index contributed by atoms with van der Waals surface area (Å²) in [6.07, 6.45) is 4.55. The van der Waals surface area contributed by atoms with Crippen LogP contribution in [0, 0.1) is 11.3 Å². The van der Waals surface area contributed by atoms with Crippen molar-refractivity contribution in [2.24, 2.45) is 0 Å². The molecule has 4 N–H and O–H groups in total. The van der Waals surface area contributed by atoms with E-state index in [0.29, 0.717) is 28.4 Å². The van der Waals surface area contributed by atoms with Crippen molar-refractivity contribution in [2.45, 2.75) is 0 Å². The largest absolute Gasteiger partial charge is 0.384 e. The van der Waals surface area contributed by atoms with Crippen molar-refractivity contribution in [3.63, 3.8) is 0 Å². The molecule has 9 heteroatoms. The molecule has 1 amide bonds. The van der Waals surface area contributed by atoms with Crippen LogP contribution in [0.15, 0.2) is 48.9 Å². The summed E-state index contributed by atoms with van der Waals surface area (Å²) >= 11 is 0. The summed E-state index contributed by atoms with van der Waals surface area (Å²) < 4.78 is 1.47. The minimum atomic E-state index is -0.391. The van der Waals surface area contributed by atoms with Crippen LogP contribution >= 0.6 is 0 Å². The lowest BCUT2D eigenvalue weighted by Gasteiger charge is -2.05. The third-order valence-electron chi connectivity index (χ3n) is 3.80. The van der Waals surface area contributed by atoms with Crippen molar-refractivity contribution < 1.29 is 4.79 Å². The van der Waals surface area contributed by atoms with E-state index >= 15 is 0 Å². The Kier molecular flexibility index (Phi) is 3.56. The molecule has 0 bridgehead atoms. The average Bonchev–Trinajstić information content (AvgIpc) is 3.28. The van der Waals surface area contributed by atoms with Crippen molar-refractivity contribution in [3.8, 4) is 17.3 Å². The molecule has 26 heavy (non-hydrogen) atoms. The molecule has 0 unspecified atom stereocenters. The van der Waals surface area contributed by atoms with E-state index in [2.05, 4.69) is 31.7 Å². The van der Waals surface area contributed by atoms with Gasteiger partial charge in [-0.15, -0.1) is 0 Å². The van der Waals surface area contributed by atoms with Gasteiger partial charge in [-0.2, -0.15) is 15.5 Å². The number of hydrogen-bond acceptors (Lipinski definition) is 6. The number of H-pyrrole nitrogens is 1. The smallest absolute Gasteiger partial charge is 0.261 e. The van der Waals surface area contributed by atoms with Gasteiger partial charge < -0.3 is 11.1 Å². The quantitative estimate of drug-likeness (QED) is 0.518. The summed E-state index contributed by atoms with van der Waals surface area (Å²) in [4.78, 5) is 16.8. The zero-order valence-electron chi connectivity index (χ0n) is 13.3. The van der Waals surface area contributed by atoms with Gasteiger partial charge in [-0.25, -0.2) is 9.50 Å². The molecule has 4 aromatic rings. The highest BCUT2D eigenvalue weighted by molar-refractivity contribution is 6.09. The van der Waals surface area contributed by atoms with Crippen LogP contribution in [0.1, 0.15) is 15.9 Å². The fourth-order valence-electron chi connectivity index (χ4n) is 2.58. The normalized spacial score (nSPS) is 10.6. The number of rotatable bonds is 3. The van der Waals surface area contributed by atoms with Crippen LogP contribution in [0.3, 0.4) is 0 Å². The Morgan fingerprint density at radius 3 is 3.04 bits per heavy atom. The Morgan fingerprint density at radius 1 is 1.31 bits per heavy atom. The summed E-state index contributed by atoms with van der Waals surface area (Å²) in [5.74, 6) is -0.0958. The topological polar surface area (TPSA) is 138 Å². The van der Waals surface area contributed by atoms with Crippen molar-refractivity contribution in [2.75, 3.05) is 11.1 Å². The number of anilines is 2. The number of nitrogens with one attached hydrogen (secondary N) is 2. The molecule has 0 spiro atoms. The number of nitrogen functional groups attached to an aromatic ring is 1. The Labute approximate surface area is 147 Å². The van der Waals surface area contributed by atoms with Crippen molar-refractivity contribution in [1.82, 2.24) is 24.8 Å². The van der Waals surface area contributed by atoms with Crippen LogP contribution in [0.4, 0.5) is 11.5 Å². The fourth-order valence-corrected chi connectivity index (χ4v) is 2.58. The molecule has 126 valence electrons. The maximum atomic E-state index is 12.7. The number of nitriles is 1. The second kappa shape index (κ2) is 6.03. The predicted molar refractivity (Wildman–Crippen MR) is 94.1 cm³/mol. The van der Waals surface area contributed by atoms with E-state index in [1.54, 1.807) is 30.5 Å². The predicted octanol–water partition coefficient (Wildman–Crippen LogP) is 1.83. The molecule has 3 heterocycles. The molecule has 3 aromatic heterocycles. The number of hydrogen-bond donors (Lipinski definition) is 3. The maximum absolute atomic E-state index is 12.7. The highest BCUT2D eigenvalue weighted by atomic mass is 16.1. The minimum absolute atomic E-state index is 0.287. The van der Waals surface area contributed by atoms with Crippen LogP contribution < -0.4 is 11.1 Å². The van der Waals surface area contributed by atoms with Crippen LogP contribution in [0.5, 0.6) is 0 Å². The molecule has 0 atom stereocenters. The summed E-state index contributed by atoms with van der Waals surface area (Å²) in [5.41, 5.74) is 8.66. The van der Waals surface area contributed by atoms with Gasteiger partial charge in [-0.05, 0) is 18.2 Å². The molecule has 1 aromatic carbocycles. The number of aromatic amines is 1. The molecule has 0 aliphatic rings. The maximum Gasteiger partial charge on any atom is 0.261 e. The first-order chi connectivity index (χ1) is 12.7. The third-order valence-corrected chi connectivity index (χ3v) is 3.80. The van der Waals surface area contributed by atoms with Crippen molar-refractivity contribution in [1.29, 1.82) is 5.26 Å². The third kappa shape index (κ3) is 2.61. The fraction of sp³-hybridized carbons (Fsp3) is 0. The highest BCUT2D eigenvalue weighted by Gasteiger charge is 2.17. The molecule has 4 rings (SSSR count). The Hall–Kier alpha value is -4.19. The number of nitrogens with zero attached hydrogens (tertiary/aromatic N) is 5. The first-order valence-corrected chi connectivity index (χ1v) is 7.61. The van der Waals surface area contributed by atoms with Crippen molar-refractivity contribution >= 4 is 23.1 Å². The SMILES string of the molecule is N#Cc1cccc(-c2[nH]ncc2NC(=O)c2cnn3ccc(N)nc23)c1. The van der Waals surface area contributed by atoms with E-state index in [1.165, 1.54) is 16.9 Å². The van der Waals surface area contributed by atoms with Gasteiger partial charge in [0.1, 0.15) is 11.4 Å². The first-order valence-electron chi connectivity index (χ1n) is 7.61. The molecule has 0 radical (unpaired) electrons. The Balaban J connectivity index is 1.68. The summed E-state index contributed by atoms with van der Waals surface area (Å²) in [5, 5.41) is 22.8. The minimum Gasteiger partial charge on any atom is -0.384 e. The Bertz CT molecular complexity index is 1170. The molecular weight excluding hydrogens is 332 g/mol. The number of fused-ring (bicyclic) bond motifs is 1. The lowest BCUT2D eigenvalue weighted by atomic mass is 10.1. The number of benzene rings is 1. The van der Waals surface area contributed by atoms with Gasteiger partial charge >= 0.3 is 0 Å². The lowest BCUT2D eigenvalue weighted by Crippen LogP contribution is -2.12. The zero-order valence-corrected chi connectivity index (χ0v) is 13.3. The zero-order chi connectivity index (χ0) is 18.1. The second-order valence-electron chi connectivity index (χ2n) is 5.48. The van der Waals surface area contributed by atoms with Gasteiger partial charge in [-0.3, -0.25) is 9.89 Å². The van der Waals surface area contributed by atoms with E-state index in [1.807, 2.05) is 6.07 Å². The van der Waals surface area contributed by atoms with Crippen LogP contribution in [-0.2, 0) is 0 Å². The highest BCUT2D eigenvalue weighted by Crippen LogP contribution is 2.26. The van der Waals surface area contributed by atoms with Crippen LogP contribution in [0.2, 0.25) is 0 Å². The summed E-state index contributed by atoms with van der Waals surface area (Å²) in [7, 11) is 0. The van der Waals surface area contributed by atoms with E-state index < -0.39 is 5.91 Å². The molecule has 9 nitrogen and oxygen atoms in total. The van der Waals surface area contributed by atoms with E-state index in [0.717, 1.165) is 5.56 Å². The molecule has 0 saturated carbocycles. The lowest BCUT2D eigenvalue weighted by molar-refractivity contribution is 0.102. The van der Waals surface area contributed by atoms with Gasteiger partial charge in [-0.1, -0.05) is 12.1 Å². The first kappa shape index (κ1) is 15.3. The Morgan fingerprint density at radius 2 is 2.19 bits per heavy atom. The standard InChI is InChI=1S/C17H12N8O/c18-7-10-2-1-3-11(6-10)15-13(9-20-24-15)22-17(26)12-8-21-25-5-4-14(19)23-16(12)25/h1-6,8-9H,(H2,19,23)(H,20,24)(H,22,26). The molecule has 0 saturated heterocycles. The van der Waals surface area contributed by atoms with Crippen LogP contribution in [0.25, 0.3) is 16.9 Å². The van der Waals surface area contributed by atoms with Crippen LogP contribution in [-0.4, -0.2) is 30.7 Å². The number of nitrogens with two attached hydrogens (primary N) is 1. The molecule has 0 aliphatic heterocycles. The van der Waals surface area contributed by atoms with E-state index in [4.69, 9.17) is 11.0 Å². The van der Waals surface area contributed by atoms with Gasteiger partial charge in [0, 0.05) is 11.8 Å². The van der Waals surface area contributed by atoms with Gasteiger partial charge in [0.25, 0.3) is 5.91 Å². The van der Waals surface area contributed by atoms with E-state index in [-0.39, 0.29) is 5.56 Å². The summed E-state index contributed by atoms with van der Waals surface area (Å²) in [6, 6.07) is 10.7. The number of amides is 1.